The van der Waals surface area contributed by atoms with Gasteiger partial charge < -0.3 is 21.1 Å². The third-order valence-electron chi connectivity index (χ3n) is 8.28. The van der Waals surface area contributed by atoms with Crippen molar-refractivity contribution >= 4 is 39.7 Å². The number of amides is 1. The van der Waals surface area contributed by atoms with Crippen LogP contribution in [0.2, 0.25) is 5.02 Å². The number of aliphatic hydroxyl groups is 1. The molecule has 0 aromatic heterocycles. The van der Waals surface area contributed by atoms with Crippen LogP contribution in [0.1, 0.15) is 54.1 Å². The first-order chi connectivity index (χ1) is 20.7. The average Bonchev–Trinajstić information content (AvgIpc) is 3.75. The van der Waals surface area contributed by atoms with Crippen LogP contribution < -0.4 is 20.3 Å². The lowest BCUT2D eigenvalue weighted by Crippen LogP contribution is -2.51. The highest BCUT2D eigenvalue weighted by molar-refractivity contribution is 8.25. The van der Waals surface area contributed by atoms with E-state index in [2.05, 4.69) is 22.0 Å². The summed E-state index contributed by atoms with van der Waals surface area (Å²) in [7, 11) is -2.95. The van der Waals surface area contributed by atoms with Gasteiger partial charge in [-0.25, -0.2) is 0 Å². The Kier molecular flexibility index (Phi) is 10.2. The van der Waals surface area contributed by atoms with Crippen molar-refractivity contribution in [2.75, 3.05) is 35.0 Å². The topological polar surface area (TPSA) is 117 Å². The molecule has 0 bridgehead atoms. The van der Waals surface area contributed by atoms with E-state index in [4.69, 9.17) is 11.6 Å². The van der Waals surface area contributed by atoms with E-state index in [0.717, 1.165) is 48.9 Å². The van der Waals surface area contributed by atoms with E-state index in [1.165, 1.54) is 0 Å². The zero-order valence-electron chi connectivity index (χ0n) is 24.6. The summed E-state index contributed by atoms with van der Waals surface area (Å²) in [6.07, 6.45) is 4.07. The first-order valence-corrected chi connectivity index (χ1v) is 17.2. The normalized spacial score (nSPS) is 19.2. The number of hydrogen-bond donors (Lipinski definition) is 6. The zero-order chi connectivity index (χ0) is 30.5. The Morgan fingerprint density at radius 2 is 1.79 bits per heavy atom. The van der Waals surface area contributed by atoms with E-state index in [1.54, 1.807) is 16.4 Å². The molecule has 2 fully saturated rings. The molecule has 1 heterocycles. The molecular weight excluding hydrogens is 584 g/mol. The predicted octanol–water partition coefficient (Wildman–Crippen LogP) is 6.10. The van der Waals surface area contributed by atoms with Gasteiger partial charge in [-0.15, -0.1) is 10.8 Å². The molecule has 8 nitrogen and oxygen atoms in total. The molecule has 0 spiro atoms. The average molecular weight is 627 g/mol. The lowest BCUT2D eigenvalue weighted by molar-refractivity contribution is 0.0822. The van der Waals surface area contributed by atoms with Gasteiger partial charge in [-0.3, -0.25) is 18.2 Å². The number of β-amino-alcohol motifs (C(OH)–C–C–N with tert-alkyl or cyclic N) is 1. The molecule has 0 radical (unpaired) electrons. The highest BCUT2D eigenvalue weighted by Gasteiger charge is 2.42. The molecule has 1 aliphatic heterocycles. The molecule has 1 aliphatic carbocycles. The van der Waals surface area contributed by atoms with Gasteiger partial charge in [-0.2, -0.15) is 0 Å². The first-order valence-electron chi connectivity index (χ1n) is 15.1. The molecule has 5 rings (SSSR count). The summed E-state index contributed by atoms with van der Waals surface area (Å²) in [6, 6.07) is 22.5. The molecule has 3 aromatic rings. The monoisotopic (exact) mass is 626 g/mol. The minimum Gasteiger partial charge on any atom is -0.390 e. The van der Waals surface area contributed by atoms with Crippen LogP contribution in [-0.4, -0.2) is 63.2 Å². The summed E-state index contributed by atoms with van der Waals surface area (Å²) in [5.74, 6) is -0.00793. The molecule has 43 heavy (non-hydrogen) atoms. The van der Waals surface area contributed by atoms with E-state index in [9.17, 15) is 19.0 Å². The Labute approximate surface area is 261 Å². The van der Waals surface area contributed by atoms with Crippen molar-refractivity contribution in [1.82, 2.24) is 10.6 Å². The van der Waals surface area contributed by atoms with Crippen LogP contribution >= 0.6 is 22.4 Å². The minimum atomic E-state index is -2.95. The van der Waals surface area contributed by atoms with Gasteiger partial charge in [-0.05, 0) is 86.9 Å². The summed E-state index contributed by atoms with van der Waals surface area (Å²) in [4.78, 5) is 13.8. The fourth-order valence-corrected chi connectivity index (χ4v) is 7.66. The standard InChI is InChI=1S/C33H43ClN4O4S/c1-2-35-28-19-26(20-29(21-28)38-15-6-7-16-43(38,41)42)32(40)37-30(18-24-9-4-3-5-10-24)31(39)23-36-33(13-14-33)22-25-11-8-12-27(34)17-25/h3-5,8-12,17,19-21,30-31,35-36,39,41-42H,2,6-7,13-16,18,22-23H2,1H3,(H,37,40)/t30-,31+/m0/s1. The smallest absolute Gasteiger partial charge is 0.251 e. The quantitative estimate of drug-likeness (QED) is 0.136. The molecule has 2 aliphatic rings. The van der Waals surface area contributed by atoms with Gasteiger partial charge in [0, 0.05) is 41.4 Å². The van der Waals surface area contributed by atoms with Crippen molar-refractivity contribution in [2.45, 2.75) is 63.1 Å². The Morgan fingerprint density at radius 3 is 2.49 bits per heavy atom. The van der Waals surface area contributed by atoms with Crippen LogP contribution in [0.25, 0.3) is 0 Å². The van der Waals surface area contributed by atoms with Crippen molar-refractivity contribution in [3.05, 3.63) is 94.5 Å². The number of nitrogens with one attached hydrogen (secondary N) is 3. The molecule has 1 saturated carbocycles. The third-order valence-corrected chi connectivity index (χ3v) is 10.5. The third kappa shape index (κ3) is 8.44. The van der Waals surface area contributed by atoms with Crippen LogP contribution in [0.3, 0.4) is 0 Å². The van der Waals surface area contributed by atoms with Gasteiger partial charge in [-0.1, -0.05) is 54.1 Å². The molecule has 10 heteroatoms. The Hall–Kier alpha value is -2.79. The summed E-state index contributed by atoms with van der Waals surface area (Å²) in [6.45, 7) is 3.46. The lowest BCUT2D eigenvalue weighted by atomic mass is 9.99. The van der Waals surface area contributed by atoms with Gasteiger partial charge in [0.15, 0.2) is 0 Å². The zero-order valence-corrected chi connectivity index (χ0v) is 26.2. The maximum Gasteiger partial charge on any atom is 0.251 e. The second-order valence-corrected chi connectivity index (χ2v) is 14.3. The predicted molar refractivity (Wildman–Crippen MR) is 177 cm³/mol. The lowest BCUT2D eigenvalue weighted by Gasteiger charge is -2.47. The number of carbonyl (C=O) groups is 1. The van der Waals surface area contributed by atoms with Crippen LogP contribution in [0.5, 0.6) is 0 Å². The van der Waals surface area contributed by atoms with Gasteiger partial charge in [0.05, 0.1) is 23.6 Å². The van der Waals surface area contributed by atoms with E-state index in [1.807, 2.05) is 61.5 Å². The van der Waals surface area contributed by atoms with E-state index < -0.39 is 22.9 Å². The Balaban J connectivity index is 1.33. The summed E-state index contributed by atoms with van der Waals surface area (Å²) in [5.41, 5.74) is 3.80. The Morgan fingerprint density at radius 1 is 1.02 bits per heavy atom. The maximum atomic E-state index is 13.8. The van der Waals surface area contributed by atoms with Gasteiger partial charge in [0.1, 0.15) is 0 Å². The number of benzene rings is 3. The number of halogens is 1. The van der Waals surface area contributed by atoms with Crippen LogP contribution in [0.4, 0.5) is 11.4 Å². The van der Waals surface area contributed by atoms with Gasteiger partial charge in [0.25, 0.3) is 5.91 Å². The van der Waals surface area contributed by atoms with Crippen LogP contribution in [-0.2, 0) is 12.8 Å². The second-order valence-electron chi connectivity index (χ2n) is 11.7. The molecule has 3 aromatic carbocycles. The highest BCUT2D eigenvalue weighted by atomic mass is 35.5. The fourth-order valence-electron chi connectivity index (χ4n) is 5.77. The van der Waals surface area contributed by atoms with Gasteiger partial charge in [0.2, 0.25) is 0 Å². The Bertz CT molecular complexity index is 1390. The first kappa shape index (κ1) is 31.6. The van der Waals surface area contributed by atoms with Gasteiger partial charge >= 0.3 is 0 Å². The molecular formula is C33H43ClN4O4S. The molecule has 6 N–H and O–H groups in total. The number of carbonyl (C=O) groups excluding carboxylic acids is 1. The highest BCUT2D eigenvalue weighted by Crippen LogP contribution is 2.50. The molecule has 2 atom stereocenters. The summed E-state index contributed by atoms with van der Waals surface area (Å²) >= 11 is 6.20. The number of hydrogen-bond acceptors (Lipinski definition) is 7. The van der Waals surface area contributed by atoms with Crippen molar-refractivity contribution in [2.24, 2.45) is 0 Å². The minimum absolute atomic E-state index is 0.0834. The van der Waals surface area contributed by atoms with E-state index >= 15 is 0 Å². The largest absolute Gasteiger partial charge is 0.390 e. The molecule has 232 valence electrons. The van der Waals surface area contributed by atoms with Crippen LogP contribution in [0, 0.1) is 0 Å². The number of aliphatic hydroxyl groups excluding tert-OH is 1. The van der Waals surface area contributed by atoms with Crippen molar-refractivity contribution < 1.29 is 19.0 Å². The summed E-state index contributed by atoms with van der Waals surface area (Å²) in [5, 5.41) is 22.1. The van der Waals surface area contributed by atoms with E-state index in [-0.39, 0.29) is 11.4 Å². The molecule has 1 amide bonds. The number of nitrogens with zero attached hydrogens (tertiary/aromatic N) is 1. The van der Waals surface area contributed by atoms with Crippen molar-refractivity contribution in [3.63, 3.8) is 0 Å². The number of rotatable bonds is 13. The molecule has 1 saturated heterocycles. The maximum absolute atomic E-state index is 13.8. The fraction of sp³-hybridized carbons (Fsp3) is 0.424. The van der Waals surface area contributed by atoms with Crippen molar-refractivity contribution in [3.8, 4) is 0 Å². The second kappa shape index (κ2) is 13.9. The number of anilines is 2. The van der Waals surface area contributed by atoms with E-state index in [0.29, 0.717) is 48.1 Å². The van der Waals surface area contributed by atoms with Crippen LogP contribution in [0.15, 0.2) is 72.8 Å². The molecule has 0 unspecified atom stereocenters. The SMILES string of the molecule is CCNc1cc(C(=O)N[C@@H](Cc2ccccc2)[C@H](O)CNC2(Cc3cccc(Cl)c3)CC2)cc(N2CCCCS2(O)O)c1. The van der Waals surface area contributed by atoms with Crippen molar-refractivity contribution in [1.29, 1.82) is 0 Å². The summed E-state index contributed by atoms with van der Waals surface area (Å²) < 4.78 is 23.1.